The van der Waals surface area contributed by atoms with Gasteiger partial charge in [0.25, 0.3) is 0 Å². The zero-order valence-corrected chi connectivity index (χ0v) is 9.90. The van der Waals surface area contributed by atoms with Gasteiger partial charge in [0, 0.05) is 5.41 Å². The number of hydrogen-bond acceptors (Lipinski definition) is 4. The third-order valence-electron chi connectivity index (χ3n) is 3.16. The zero-order chi connectivity index (χ0) is 12.5. The first kappa shape index (κ1) is 13.1. The van der Waals surface area contributed by atoms with Crippen molar-refractivity contribution in [1.29, 1.82) is 0 Å². The van der Waals surface area contributed by atoms with Crippen LogP contribution in [0.15, 0.2) is 0 Å². The first-order valence-electron chi connectivity index (χ1n) is 5.46. The lowest BCUT2D eigenvalue weighted by Gasteiger charge is -2.39. The van der Waals surface area contributed by atoms with E-state index in [-0.39, 0.29) is 5.78 Å². The molecule has 5 nitrogen and oxygen atoms in total. The van der Waals surface area contributed by atoms with Gasteiger partial charge in [0.15, 0.2) is 5.78 Å². The van der Waals surface area contributed by atoms with Gasteiger partial charge in [-0.05, 0) is 12.8 Å². The molecule has 1 aliphatic rings. The minimum atomic E-state index is -1.44. The number of Topliss-reactive ketones (excluding diaryl/α,β-unsaturated/α-hetero) is 1. The molecule has 3 N–H and O–H groups in total. The molecule has 3 atom stereocenters. The fourth-order valence-corrected chi connectivity index (χ4v) is 2.10. The Bertz CT molecular complexity index is 300. The molecule has 1 heterocycles. The Morgan fingerprint density at radius 2 is 2.25 bits per heavy atom. The molecule has 0 aliphatic carbocycles. The predicted molar refractivity (Wildman–Crippen MR) is 57.3 cm³/mol. The van der Waals surface area contributed by atoms with Gasteiger partial charge in [-0.1, -0.05) is 20.8 Å². The van der Waals surface area contributed by atoms with Crippen LogP contribution in [0, 0.1) is 11.3 Å². The lowest BCUT2D eigenvalue weighted by atomic mass is 9.76. The van der Waals surface area contributed by atoms with Gasteiger partial charge in [0.05, 0.1) is 12.0 Å². The van der Waals surface area contributed by atoms with E-state index in [2.05, 4.69) is 0 Å². The highest BCUT2D eigenvalue weighted by Gasteiger charge is 2.45. The molecule has 0 saturated carbocycles. The summed E-state index contributed by atoms with van der Waals surface area (Å²) in [6, 6.07) is 0. The fraction of sp³-hybridized carbons (Fsp3) is 0.818. The molecule has 1 unspecified atom stereocenters. The van der Waals surface area contributed by atoms with Crippen LogP contribution in [0.25, 0.3) is 0 Å². The van der Waals surface area contributed by atoms with E-state index in [0.717, 1.165) is 0 Å². The fourth-order valence-electron chi connectivity index (χ4n) is 2.10. The summed E-state index contributed by atoms with van der Waals surface area (Å²) in [5.41, 5.74) is 4.59. The molecule has 16 heavy (non-hydrogen) atoms. The number of amides is 1. The standard InChI is InChI=1S/C11H19NO4/c1-4-6(9(12)14)7-5-11(2,3)8(13)10(15)16-7/h6-7,10,15H,4-5H2,1-3H3,(H2,12,14)/t6-,7?,10+/m1/s1. The SMILES string of the molecule is CC[C@@H](C(N)=O)C1CC(C)(C)C(=O)[C@@H](O)O1. The molecule has 0 radical (unpaired) electrons. The highest BCUT2D eigenvalue weighted by molar-refractivity contribution is 5.88. The van der Waals surface area contributed by atoms with Crippen molar-refractivity contribution in [1.82, 2.24) is 0 Å². The van der Waals surface area contributed by atoms with Gasteiger partial charge in [-0.2, -0.15) is 0 Å². The number of hydrogen-bond donors (Lipinski definition) is 2. The average molecular weight is 229 g/mol. The van der Waals surface area contributed by atoms with Crippen molar-refractivity contribution in [3.63, 3.8) is 0 Å². The smallest absolute Gasteiger partial charge is 0.223 e. The average Bonchev–Trinajstić information content (AvgIpc) is 2.14. The minimum absolute atomic E-state index is 0.344. The molecule has 0 aromatic carbocycles. The lowest BCUT2D eigenvalue weighted by Crippen LogP contribution is -2.50. The second-order valence-corrected chi connectivity index (χ2v) is 4.90. The quantitative estimate of drug-likeness (QED) is 0.723. The highest BCUT2D eigenvalue weighted by atomic mass is 16.6. The number of ether oxygens (including phenoxy) is 1. The maximum atomic E-state index is 11.6. The van der Waals surface area contributed by atoms with E-state index in [1.54, 1.807) is 13.8 Å². The number of rotatable bonds is 3. The molecule has 0 bridgehead atoms. The van der Waals surface area contributed by atoms with Gasteiger partial charge in [-0.25, -0.2) is 0 Å². The van der Waals surface area contributed by atoms with Crippen LogP contribution in [-0.4, -0.2) is 29.2 Å². The minimum Gasteiger partial charge on any atom is -0.369 e. The Labute approximate surface area is 95.0 Å². The molecule has 1 saturated heterocycles. The Morgan fingerprint density at radius 3 is 2.62 bits per heavy atom. The summed E-state index contributed by atoms with van der Waals surface area (Å²) in [4.78, 5) is 22.8. The zero-order valence-electron chi connectivity index (χ0n) is 9.90. The first-order valence-corrected chi connectivity index (χ1v) is 5.46. The van der Waals surface area contributed by atoms with E-state index in [9.17, 15) is 14.7 Å². The van der Waals surface area contributed by atoms with Crippen LogP contribution < -0.4 is 5.73 Å². The molecule has 0 aromatic rings. The Kier molecular flexibility index (Phi) is 3.70. The van der Waals surface area contributed by atoms with Gasteiger partial charge in [-0.15, -0.1) is 0 Å². The number of nitrogens with two attached hydrogens (primary N) is 1. The van der Waals surface area contributed by atoms with E-state index in [1.165, 1.54) is 0 Å². The summed E-state index contributed by atoms with van der Waals surface area (Å²) in [6.45, 7) is 5.30. The van der Waals surface area contributed by atoms with Gasteiger partial charge >= 0.3 is 0 Å². The molecule has 1 aliphatic heterocycles. The van der Waals surface area contributed by atoms with Gasteiger partial charge in [0.1, 0.15) is 0 Å². The molecule has 0 spiro atoms. The highest BCUT2D eigenvalue weighted by Crippen LogP contribution is 2.35. The van der Waals surface area contributed by atoms with E-state index >= 15 is 0 Å². The van der Waals surface area contributed by atoms with Crippen molar-refractivity contribution in [2.75, 3.05) is 0 Å². The third-order valence-corrected chi connectivity index (χ3v) is 3.16. The van der Waals surface area contributed by atoms with E-state index in [0.29, 0.717) is 12.8 Å². The summed E-state index contributed by atoms with van der Waals surface area (Å²) in [5.74, 6) is -1.25. The summed E-state index contributed by atoms with van der Waals surface area (Å²) in [5, 5.41) is 9.49. The number of primary amides is 1. The largest absolute Gasteiger partial charge is 0.369 e. The summed E-state index contributed by atoms with van der Waals surface area (Å²) in [7, 11) is 0. The summed E-state index contributed by atoms with van der Waals surface area (Å²) >= 11 is 0. The van der Waals surface area contributed by atoms with Gasteiger partial charge in [0.2, 0.25) is 12.2 Å². The molecular weight excluding hydrogens is 210 g/mol. The maximum absolute atomic E-state index is 11.6. The molecule has 1 fully saturated rings. The lowest BCUT2D eigenvalue weighted by molar-refractivity contribution is -0.204. The number of carbonyl (C=O) groups excluding carboxylic acids is 2. The van der Waals surface area contributed by atoms with Crippen LogP contribution in [0.3, 0.4) is 0 Å². The van der Waals surface area contributed by atoms with Crippen LogP contribution in [0.5, 0.6) is 0 Å². The van der Waals surface area contributed by atoms with Crippen molar-refractivity contribution in [3.05, 3.63) is 0 Å². The molecular formula is C11H19NO4. The van der Waals surface area contributed by atoms with Crippen molar-refractivity contribution < 1.29 is 19.4 Å². The Balaban J connectivity index is 2.85. The van der Waals surface area contributed by atoms with Crippen molar-refractivity contribution in [3.8, 4) is 0 Å². The normalized spacial score (nSPS) is 31.1. The summed E-state index contributed by atoms with van der Waals surface area (Å²) < 4.78 is 5.15. The molecule has 92 valence electrons. The number of aliphatic hydroxyl groups excluding tert-OH is 1. The predicted octanol–water partition coefficient (Wildman–Crippen LogP) is 0.200. The van der Waals surface area contributed by atoms with E-state index < -0.39 is 29.6 Å². The van der Waals surface area contributed by atoms with Gasteiger partial charge < -0.3 is 15.6 Å². The van der Waals surface area contributed by atoms with Gasteiger partial charge in [-0.3, -0.25) is 9.59 Å². The Hall–Kier alpha value is -0.940. The monoisotopic (exact) mass is 229 g/mol. The van der Waals surface area contributed by atoms with E-state index in [4.69, 9.17) is 10.5 Å². The van der Waals surface area contributed by atoms with Crippen molar-refractivity contribution in [2.45, 2.75) is 46.0 Å². The van der Waals surface area contributed by atoms with Crippen LogP contribution in [0.4, 0.5) is 0 Å². The topological polar surface area (TPSA) is 89.6 Å². The molecule has 0 aromatic heterocycles. The number of carbonyl (C=O) groups is 2. The van der Waals surface area contributed by atoms with Crippen LogP contribution >= 0.6 is 0 Å². The number of ketones is 1. The van der Waals surface area contributed by atoms with Crippen molar-refractivity contribution >= 4 is 11.7 Å². The summed E-state index contributed by atoms with van der Waals surface area (Å²) in [6.07, 6.45) is -0.978. The van der Waals surface area contributed by atoms with Crippen LogP contribution in [0.2, 0.25) is 0 Å². The van der Waals surface area contributed by atoms with Crippen molar-refractivity contribution in [2.24, 2.45) is 17.1 Å². The maximum Gasteiger partial charge on any atom is 0.223 e. The molecule has 1 amide bonds. The Morgan fingerprint density at radius 1 is 1.69 bits per heavy atom. The molecule has 5 heteroatoms. The van der Waals surface area contributed by atoms with Crippen LogP contribution in [-0.2, 0) is 14.3 Å². The van der Waals surface area contributed by atoms with E-state index in [1.807, 2.05) is 6.92 Å². The van der Waals surface area contributed by atoms with Crippen LogP contribution in [0.1, 0.15) is 33.6 Å². The second-order valence-electron chi connectivity index (χ2n) is 4.90. The second kappa shape index (κ2) is 4.51. The number of aliphatic hydroxyl groups is 1. The molecule has 1 rings (SSSR count). The first-order chi connectivity index (χ1) is 7.29. The third kappa shape index (κ3) is 2.41.